The Hall–Kier alpha value is 1.31. The van der Waals surface area contributed by atoms with Crippen molar-refractivity contribution in [3.63, 3.8) is 0 Å². The molecule has 8 heteroatoms. The lowest BCUT2D eigenvalue weighted by Crippen LogP contribution is -2.03. The summed E-state index contributed by atoms with van der Waals surface area (Å²) >= 11 is 22.7. The zero-order chi connectivity index (χ0) is 13.8. The first-order chi connectivity index (χ1) is 8.60. The third-order valence-electron chi connectivity index (χ3n) is 2.10. The Balaban J connectivity index is 3.33. The summed E-state index contributed by atoms with van der Waals surface area (Å²) in [7, 11) is -2.40. The van der Waals surface area contributed by atoms with Crippen LogP contribution in [0, 0.1) is 0 Å². The van der Waals surface area contributed by atoms with Crippen molar-refractivity contribution in [1.82, 2.24) is 0 Å². The summed E-state index contributed by atoms with van der Waals surface area (Å²) < 4.78 is 21.4. The largest absolute Gasteiger partial charge is 0.319 e. The zero-order valence-electron chi connectivity index (χ0n) is 10.0. The first-order valence-corrected chi connectivity index (χ1v) is 8.96. The Labute approximate surface area is 129 Å². The molecular formula is C10H19Cl4O3P. The lowest BCUT2D eigenvalue weighted by atomic mass is 10.3. The van der Waals surface area contributed by atoms with Crippen molar-refractivity contribution in [1.29, 1.82) is 0 Å². The molecule has 0 saturated carbocycles. The molecule has 0 aromatic heterocycles. The summed E-state index contributed by atoms with van der Waals surface area (Å²) in [6.45, 7) is 0.745. The molecule has 0 heterocycles. The van der Waals surface area contributed by atoms with E-state index in [-0.39, 0.29) is 10.8 Å². The quantitative estimate of drug-likeness (QED) is 0.289. The van der Waals surface area contributed by atoms with E-state index in [0.717, 1.165) is 25.7 Å². The van der Waals surface area contributed by atoms with E-state index >= 15 is 0 Å². The second-order valence-electron chi connectivity index (χ2n) is 3.73. The van der Waals surface area contributed by atoms with Crippen LogP contribution in [0.25, 0.3) is 0 Å². The van der Waals surface area contributed by atoms with Crippen molar-refractivity contribution in [3.05, 3.63) is 0 Å². The molecular weight excluding hydrogens is 341 g/mol. The molecule has 0 rings (SSSR count). The van der Waals surface area contributed by atoms with Crippen LogP contribution in [0.2, 0.25) is 0 Å². The molecule has 0 aliphatic carbocycles. The van der Waals surface area contributed by atoms with E-state index in [1.54, 1.807) is 0 Å². The van der Waals surface area contributed by atoms with Crippen LogP contribution in [-0.2, 0) is 13.6 Å². The van der Waals surface area contributed by atoms with Crippen molar-refractivity contribution in [3.8, 4) is 0 Å². The Kier molecular flexibility index (Phi) is 14.3. The Morgan fingerprint density at radius 2 is 1.28 bits per heavy atom. The maximum Gasteiger partial charge on any atom is 0.319 e. The maximum atomic E-state index is 11.3. The molecule has 2 atom stereocenters. The lowest BCUT2D eigenvalue weighted by Gasteiger charge is -2.08. The van der Waals surface area contributed by atoms with Crippen molar-refractivity contribution in [2.24, 2.45) is 0 Å². The minimum Gasteiger partial charge on any atom is -0.311 e. The average Bonchev–Trinajstić information content (AvgIpc) is 2.38. The van der Waals surface area contributed by atoms with Crippen LogP contribution in [-0.4, -0.2) is 35.7 Å². The molecule has 0 N–H and O–H groups in total. The van der Waals surface area contributed by atoms with Crippen LogP contribution in [0.15, 0.2) is 0 Å². The monoisotopic (exact) mass is 358 g/mol. The molecule has 0 aromatic rings. The van der Waals surface area contributed by atoms with Gasteiger partial charge in [-0.1, -0.05) is 0 Å². The standard InChI is InChI=1S/C10H19Cl4O3P/c11-7-9(13)3-1-5-16-18(15)17-6-2-4-10(14)8-12/h9-10,18H,1-8H2. The van der Waals surface area contributed by atoms with Gasteiger partial charge in [-0.05, 0) is 25.7 Å². The van der Waals surface area contributed by atoms with Crippen molar-refractivity contribution >= 4 is 54.7 Å². The fourth-order valence-corrected chi connectivity index (χ4v) is 2.44. The molecule has 0 saturated heterocycles. The molecule has 0 aliphatic heterocycles. The summed E-state index contributed by atoms with van der Waals surface area (Å²) in [6.07, 6.45) is 2.92. The topological polar surface area (TPSA) is 35.5 Å². The van der Waals surface area contributed by atoms with Gasteiger partial charge in [-0.15, -0.1) is 46.4 Å². The Morgan fingerprint density at radius 1 is 0.889 bits per heavy atom. The van der Waals surface area contributed by atoms with Gasteiger partial charge < -0.3 is 9.05 Å². The molecule has 0 aliphatic rings. The van der Waals surface area contributed by atoms with Crippen molar-refractivity contribution in [2.75, 3.05) is 25.0 Å². The van der Waals surface area contributed by atoms with Gasteiger partial charge in [0.05, 0.1) is 13.2 Å². The van der Waals surface area contributed by atoms with Gasteiger partial charge in [0.25, 0.3) is 0 Å². The van der Waals surface area contributed by atoms with Gasteiger partial charge in [0.15, 0.2) is 0 Å². The fraction of sp³-hybridized carbons (Fsp3) is 1.00. The van der Waals surface area contributed by atoms with E-state index in [4.69, 9.17) is 55.5 Å². The Bertz CT molecular complexity index is 201. The van der Waals surface area contributed by atoms with Gasteiger partial charge in [0, 0.05) is 22.5 Å². The van der Waals surface area contributed by atoms with Gasteiger partial charge in [-0.3, -0.25) is 4.57 Å². The van der Waals surface area contributed by atoms with Crippen LogP contribution in [0.5, 0.6) is 0 Å². The van der Waals surface area contributed by atoms with E-state index in [1.807, 2.05) is 0 Å². The van der Waals surface area contributed by atoms with Crippen LogP contribution in [0.1, 0.15) is 25.7 Å². The number of alkyl halides is 4. The zero-order valence-corrected chi connectivity index (χ0v) is 14.1. The van der Waals surface area contributed by atoms with Gasteiger partial charge in [-0.25, -0.2) is 0 Å². The highest BCUT2D eigenvalue weighted by Gasteiger charge is 2.05. The van der Waals surface area contributed by atoms with Gasteiger partial charge in [0.2, 0.25) is 0 Å². The minimum absolute atomic E-state index is 0.0604. The van der Waals surface area contributed by atoms with Crippen molar-refractivity contribution in [2.45, 2.75) is 36.4 Å². The first kappa shape index (κ1) is 19.3. The van der Waals surface area contributed by atoms with Crippen LogP contribution >= 0.6 is 54.7 Å². The fourth-order valence-electron chi connectivity index (χ4n) is 1.12. The maximum absolute atomic E-state index is 11.3. The van der Waals surface area contributed by atoms with E-state index in [1.165, 1.54) is 0 Å². The Morgan fingerprint density at radius 3 is 1.61 bits per heavy atom. The second-order valence-corrected chi connectivity index (χ2v) is 6.66. The lowest BCUT2D eigenvalue weighted by molar-refractivity contribution is 0.219. The van der Waals surface area contributed by atoms with Crippen molar-refractivity contribution < 1.29 is 13.6 Å². The van der Waals surface area contributed by atoms with Gasteiger partial charge >= 0.3 is 8.25 Å². The third kappa shape index (κ3) is 12.3. The molecule has 2 unspecified atom stereocenters. The SMILES string of the molecule is O=[PH](OCCCC(Cl)CCl)OCCCC(Cl)CCl. The van der Waals surface area contributed by atoms with Gasteiger partial charge in [0.1, 0.15) is 0 Å². The number of rotatable bonds is 12. The predicted octanol–water partition coefficient (Wildman–Crippen LogP) is 4.66. The van der Waals surface area contributed by atoms with Crippen LogP contribution < -0.4 is 0 Å². The molecule has 0 spiro atoms. The highest BCUT2D eigenvalue weighted by Crippen LogP contribution is 2.25. The minimum atomic E-state index is -2.40. The molecule has 3 nitrogen and oxygen atoms in total. The summed E-state index contributed by atoms with van der Waals surface area (Å²) in [5.74, 6) is 0.820. The van der Waals surface area contributed by atoms with E-state index < -0.39 is 8.25 Å². The molecule has 0 amide bonds. The highest BCUT2D eigenvalue weighted by atomic mass is 35.5. The summed E-state index contributed by atoms with van der Waals surface area (Å²) in [5, 5.41) is -0.121. The normalized spacial score (nSPS) is 16.4. The van der Waals surface area contributed by atoms with E-state index in [9.17, 15) is 4.57 Å². The predicted molar refractivity (Wildman–Crippen MR) is 80.1 cm³/mol. The second kappa shape index (κ2) is 13.3. The number of hydrogen-bond acceptors (Lipinski definition) is 3. The summed E-state index contributed by atoms with van der Waals surface area (Å²) in [4.78, 5) is 0. The van der Waals surface area contributed by atoms with E-state index in [2.05, 4.69) is 0 Å². The van der Waals surface area contributed by atoms with E-state index in [0.29, 0.717) is 25.0 Å². The smallest absolute Gasteiger partial charge is 0.311 e. The molecule has 0 fully saturated rings. The molecule has 18 heavy (non-hydrogen) atoms. The first-order valence-electron chi connectivity index (χ1n) is 5.79. The number of hydrogen-bond donors (Lipinski definition) is 0. The third-order valence-corrected chi connectivity index (χ3v) is 4.78. The van der Waals surface area contributed by atoms with Gasteiger partial charge in [-0.2, -0.15) is 0 Å². The number of halogens is 4. The molecule has 0 aromatic carbocycles. The summed E-state index contributed by atoms with van der Waals surface area (Å²) in [5.41, 5.74) is 0. The molecule has 0 radical (unpaired) electrons. The van der Waals surface area contributed by atoms with Crippen LogP contribution in [0.3, 0.4) is 0 Å². The summed E-state index contributed by atoms with van der Waals surface area (Å²) in [6, 6.07) is 0. The molecule has 110 valence electrons. The molecule has 0 bridgehead atoms. The average molecular weight is 360 g/mol. The van der Waals surface area contributed by atoms with Crippen LogP contribution in [0.4, 0.5) is 0 Å². The highest BCUT2D eigenvalue weighted by molar-refractivity contribution is 7.33.